The van der Waals surface area contributed by atoms with Gasteiger partial charge in [-0.05, 0) is 19.8 Å². The van der Waals surface area contributed by atoms with E-state index in [9.17, 15) is 14.7 Å². The molecule has 2 fully saturated rings. The van der Waals surface area contributed by atoms with Gasteiger partial charge in [-0.3, -0.25) is 14.5 Å². The highest BCUT2D eigenvalue weighted by Crippen LogP contribution is 2.45. The quantitative estimate of drug-likeness (QED) is 0.717. The molecule has 2 amide bonds. The van der Waals surface area contributed by atoms with Crippen molar-refractivity contribution in [1.29, 1.82) is 0 Å². The van der Waals surface area contributed by atoms with Gasteiger partial charge in [0.2, 0.25) is 11.8 Å². The number of aliphatic hydroxyl groups is 2. The number of carbonyl (C=O) groups is 2. The van der Waals surface area contributed by atoms with Gasteiger partial charge in [0.05, 0.1) is 18.6 Å². The zero-order chi connectivity index (χ0) is 13.4. The number of hydrogen-bond donors (Lipinski definition) is 2. The molecule has 1 saturated heterocycles. The highest BCUT2D eigenvalue weighted by atomic mass is 16.3. The lowest BCUT2D eigenvalue weighted by molar-refractivity contribution is -0.146. The van der Waals surface area contributed by atoms with Gasteiger partial charge < -0.3 is 10.2 Å². The van der Waals surface area contributed by atoms with Gasteiger partial charge in [0.25, 0.3) is 0 Å². The highest BCUT2D eigenvalue weighted by Gasteiger charge is 2.52. The normalized spacial score (nSPS) is 26.7. The Hall–Kier alpha value is -0.940. The molecule has 1 aliphatic heterocycles. The first-order valence-electron chi connectivity index (χ1n) is 6.58. The molecular formula is C13H21NO4. The van der Waals surface area contributed by atoms with Crippen LogP contribution in [0.1, 0.15) is 45.4 Å². The van der Waals surface area contributed by atoms with Crippen molar-refractivity contribution in [2.24, 2.45) is 5.41 Å². The maximum absolute atomic E-state index is 12.4. The van der Waals surface area contributed by atoms with Crippen molar-refractivity contribution in [3.63, 3.8) is 0 Å². The third kappa shape index (κ3) is 2.29. The molecule has 102 valence electrons. The lowest BCUT2D eigenvalue weighted by Crippen LogP contribution is -2.47. The second kappa shape index (κ2) is 4.63. The minimum Gasteiger partial charge on any atom is -0.393 e. The Morgan fingerprint density at radius 3 is 2.44 bits per heavy atom. The molecule has 5 heteroatoms. The summed E-state index contributed by atoms with van der Waals surface area (Å²) in [6, 6.07) is 0. The van der Waals surface area contributed by atoms with E-state index in [-0.39, 0.29) is 24.8 Å². The number of rotatable bonds is 3. The SMILES string of the molecule is CC(O)(CO)CN1C(=O)CC2(CCCCC2)C1=O. The molecule has 5 nitrogen and oxygen atoms in total. The van der Waals surface area contributed by atoms with E-state index in [0.29, 0.717) is 0 Å². The number of nitrogens with zero attached hydrogens (tertiary/aromatic N) is 1. The van der Waals surface area contributed by atoms with E-state index in [2.05, 4.69) is 0 Å². The van der Waals surface area contributed by atoms with Crippen molar-refractivity contribution in [1.82, 2.24) is 4.90 Å². The molecule has 0 aromatic heterocycles. The van der Waals surface area contributed by atoms with Crippen molar-refractivity contribution in [2.75, 3.05) is 13.2 Å². The summed E-state index contributed by atoms with van der Waals surface area (Å²) < 4.78 is 0. The number of carbonyl (C=O) groups excluding carboxylic acids is 2. The smallest absolute Gasteiger partial charge is 0.236 e. The summed E-state index contributed by atoms with van der Waals surface area (Å²) in [7, 11) is 0. The predicted octanol–water partition coefficient (Wildman–Crippen LogP) is 0.439. The summed E-state index contributed by atoms with van der Waals surface area (Å²) in [5, 5.41) is 18.8. The van der Waals surface area contributed by atoms with E-state index in [0.717, 1.165) is 37.0 Å². The van der Waals surface area contributed by atoms with E-state index in [1.165, 1.54) is 6.92 Å². The molecular weight excluding hydrogens is 234 g/mol. The zero-order valence-corrected chi connectivity index (χ0v) is 10.8. The highest BCUT2D eigenvalue weighted by molar-refractivity contribution is 6.06. The Morgan fingerprint density at radius 2 is 1.89 bits per heavy atom. The van der Waals surface area contributed by atoms with E-state index in [1.807, 2.05) is 0 Å². The molecule has 2 rings (SSSR count). The molecule has 2 aliphatic rings. The summed E-state index contributed by atoms with van der Waals surface area (Å²) in [6.45, 7) is 0.861. The van der Waals surface area contributed by atoms with E-state index in [4.69, 9.17) is 5.11 Å². The molecule has 0 aromatic carbocycles. The van der Waals surface area contributed by atoms with Gasteiger partial charge >= 0.3 is 0 Å². The standard InChI is InChI=1S/C13H21NO4/c1-12(18,9-15)8-14-10(16)7-13(11(14)17)5-3-2-4-6-13/h15,18H,2-9H2,1H3. The molecule has 2 N–H and O–H groups in total. The monoisotopic (exact) mass is 255 g/mol. The first kappa shape index (κ1) is 13.5. The van der Waals surface area contributed by atoms with Crippen LogP contribution in [0.2, 0.25) is 0 Å². The maximum Gasteiger partial charge on any atom is 0.236 e. The number of imide groups is 1. The van der Waals surface area contributed by atoms with Crippen LogP contribution in [0, 0.1) is 5.41 Å². The molecule has 1 heterocycles. The fourth-order valence-electron chi connectivity index (χ4n) is 3.03. The number of aliphatic hydroxyl groups excluding tert-OH is 1. The van der Waals surface area contributed by atoms with Crippen LogP contribution in [-0.4, -0.2) is 45.7 Å². The summed E-state index contributed by atoms with van der Waals surface area (Å²) >= 11 is 0. The van der Waals surface area contributed by atoms with Crippen LogP contribution in [0.3, 0.4) is 0 Å². The van der Waals surface area contributed by atoms with Crippen LogP contribution < -0.4 is 0 Å². The number of β-amino-alcohol motifs (C(OH)–C–C–N with tert-alkyl or cyclic N) is 1. The Balaban J connectivity index is 2.14. The van der Waals surface area contributed by atoms with Gasteiger partial charge in [0.1, 0.15) is 5.60 Å². The van der Waals surface area contributed by atoms with Crippen molar-refractivity contribution in [2.45, 2.75) is 51.0 Å². The first-order chi connectivity index (χ1) is 8.40. The second-order valence-corrected chi connectivity index (χ2v) is 5.96. The fraction of sp³-hybridized carbons (Fsp3) is 0.846. The summed E-state index contributed by atoms with van der Waals surface area (Å²) in [6.07, 6.45) is 4.92. The molecule has 1 spiro atoms. The summed E-state index contributed by atoms with van der Waals surface area (Å²) in [5.41, 5.74) is -1.92. The van der Waals surface area contributed by atoms with Gasteiger partial charge in [-0.2, -0.15) is 0 Å². The van der Waals surface area contributed by atoms with Crippen LogP contribution in [0.4, 0.5) is 0 Å². The van der Waals surface area contributed by atoms with Crippen LogP contribution in [0.25, 0.3) is 0 Å². The molecule has 1 saturated carbocycles. The number of amides is 2. The molecule has 1 atom stereocenters. The lowest BCUT2D eigenvalue weighted by Gasteiger charge is -2.32. The van der Waals surface area contributed by atoms with Crippen molar-refractivity contribution >= 4 is 11.8 Å². The number of likely N-dealkylation sites (tertiary alicyclic amines) is 1. The fourth-order valence-corrected chi connectivity index (χ4v) is 3.03. The Kier molecular flexibility index (Phi) is 3.47. The van der Waals surface area contributed by atoms with Gasteiger partial charge in [-0.25, -0.2) is 0 Å². The third-order valence-electron chi connectivity index (χ3n) is 4.14. The van der Waals surface area contributed by atoms with E-state index >= 15 is 0 Å². The van der Waals surface area contributed by atoms with Crippen molar-refractivity contribution in [3.8, 4) is 0 Å². The average molecular weight is 255 g/mol. The molecule has 1 unspecified atom stereocenters. The van der Waals surface area contributed by atoms with Crippen LogP contribution in [-0.2, 0) is 9.59 Å². The minimum atomic E-state index is -1.41. The minimum absolute atomic E-state index is 0.108. The van der Waals surface area contributed by atoms with Crippen molar-refractivity contribution < 1.29 is 19.8 Å². The van der Waals surface area contributed by atoms with Crippen molar-refractivity contribution in [3.05, 3.63) is 0 Å². The lowest BCUT2D eigenvalue weighted by atomic mass is 9.73. The van der Waals surface area contributed by atoms with Gasteiger partial charge in [0.15, 0.2) is 0 Å². The van der Waals surface area contributed by atoms with Crippen LogP contribution in [0.15, 0.2) is 0 Å². The van der Waals surface area contributed by atoms with Gasteiger partial charge in [0, 0.05) is 6.42 Å². The molecule has 0 radical (unpaired) electrons. The van der Waals surface area contributed by atoms with Gasteiger partial charge in [-0.15, -0.1) is 0 Å². The second-order valence-electron chi connectivity index (χ2n) is 5.96. The number of hydrogen-bond acceptors (Lipinski definition) is 4. The summed E-state index contributed by atoms with van der Waals surface area (Å²) in [5.74, 6) is -0.364. The van der Waals surface area contributed by atoms with Gasteiger partial charge in [-0.1, -0.05) is 19.3 Å². The Morgan fingerprint density at radius 1 is 1.28 bits per heavy atom. The largest absolute Gasteiger partial charge is 0.393 e. The van der Waals surface area contributed by atoms with Crippen LogP contribution in [0.5, 0.6) is 0 Å². The molecule has 18 heavy (non-hydrogen) atoms. The van der Waals surface area contributed by atoms with Crippen LogP contribution >= 0.6 is 0 Å². The Labute approximate surface area is 107 Å². The maximum atomic E-state index is 12.4. The molecule has 1 aliphatic carbocycles. The molecule has 0 bridgehead atoms. The summed E-state index contributed by atoms with van der Waals surface area (Å²) in [4.78, 5) is 25.5. The predicted molar refractivity (Wildman–Crippen MR) is 64.6 cm³/mol. The molecule has 0 aromatic rings. The third-order valence-corrected chi connectivity index (χ3v) is 4.14. The first-order valence-corrected chi connectivity index (χ1v) is 6.58. The zero-order valence-electron chi connectivity index (χ0n) is 10.8. The van der Waals surface area contributed by atoms with E-state index < -0.39 is 17.6 Å². The van der Waals surface area contributed by atoms with E-state index in [1.54, 1.807) is 0 Å². The topological polar surface area (TPSA) is 77.8 Å². The Bertz CT molecular complexity index is 358. The average Bonchev–Trinajstić information content (AvgIpc) is 2.55.